The molecule has 0 saturated carbocycles. The summed E-state index contributed by atoms with van der Waals surface area (Å²) in [6.45, 7) is 9.62. The second-order valence-corrected chi connectivity index (χ2v) is 20.1. The number of nitrogens with zero attached hydrogens (tertiary/aromatic N) is 4. The zero-order chi connectivity index (χ0) is 64.5. The van der Waals surface area contributed by atoms with Gasteiger partial charge < -0.3 is 13.9 Å². The Labute approximate surface area is 477 Å². The number of hydrogen-bond acceptors (Lipinski definition) is 2. The summed E-state index contributed by atoms with van der Waals surface area (Å²) in [5.41, 5.74) is 1.84. The second kappa shape index (κ2) is 19.6. The molecule has 0 radical (unpaired) electrons. The fourth-order valence-corrected chi connectivity index (χ4v) is 9.37. The fraction of sp³-hybridized carbons (Fsp3) is 0.130. The van der Waals surface area contributed by atoms with Crippen molar-refractivity contribution in [1.82, 2.24) is 14.1 Å². The Bertz CT molecular complexity index is 4850. The van der Waals surface area contributed by atoms with Crippen molar-refractivity contribution < 1.29 is 52.3 Å². The first-order chi connectivity index (χ1) is 42.5. The molecule has 6 heteroatoms. The van der Waals surface area contributed by atoms with Crippen LogP contribution in [0, 0.1) is 25.3 Å². The molecule has 12 aromatic rings. The zero-order valence-electron chi connectivity index (χ0n) is 57.7. The summed E-state index contributed by atoms with van der Waals surface area (Å²) in [4.78, 5) is 4.82. The van der Waals surface area contributed by atoms with Crippen LogP contribution < -0.4 is 9.30 Å². The van der Waals surface area contributed by atoms with Crippen LogP contribution in [0.15, 0.2) is 212 Å². The van der Waals surface area contributed by atoms with Crippen molar-refractivity contribution in [2.45, 2.75) is 59.2 Å². The van der Waals surface area contributed by atoms with Gasteiger partial charge in [0.15, 0.2) is 0 Å². The molecular weight excluding hydrogens is 1100 g/mol. The van der Waals surface area contributed by atoms with Crippen molar-refractivity contribution in [2.75, 3.05) is 0 Å². The molecule has 75 heavy (non-hydrogen) atoms. The Morgan fingerprint density at radius 1 is 0.560 bits per heavy atom. The van der Waals surface area contributed by atoms with Crippen LogP contribution in [-0.2, 0) is 31.9 Å². The van der Waals surface area contributed by atoms with Gasteiger partial charge in [-0.05, 0) is 121 Å². The van der Waals surface area contributed by atoms with Gasteiger partial charge in [0, 0.05) is 48.4 Å². The molecule has 0 fully saturated rings. The second-order valence-electron chi connectivity index (χ2n) is 20.1. The molecule has 0 N–H and O–H groups in total. The van der Waals surface area contributed by atoms with Crippen molar-refractivity contribution in [3.63, 3.8) is 0 Å². The molecule has 0 aliphatic carbocycles. The van der Waals surface area contributed by atoms with Gasteiger partial charge in [-0.1, -0.05) is 192 Å². The van der Waals surface area contributed by atoms with Crippen molar-refractivity contribution in [1.29, 1.82) is 0 Å². The molecule has 0 unspecified atom stereocenters. The van der Waals surface area contributed by atoms with E-state index in [2.05, 4.69) is 55.9 Å². The molecule has 0 bridgehead atoms. The van der Waals surface area contributed by atoms with E-state index < -0.39 is 119 Å². The number of imidazole rings is 1. The summed E-state index contributed by atoms with van der Waals surface area (Å²) in [6.07, 6.45) is 5.32. The van der Waals surface area contributed by atoms with Crippen LogP contribution >= 0.6 is 0 Å². The number of pyridine rings is 1. The van der Waals surface area contributed by atoms with E-state index in [4.69, 9.17) is 22.1 Å². The van der Waals surface area contributed by atoms with Crippen LogP contribution in [-0.4, -0.2) is 14.1 Å². The first kappa shape index (κ1) is 33.7. The Kier molecular flexibility index (Phi) is 8.81. The van der Waals surface area contributed by atoms with E-state index in [1.54, 1.807) is 45.5 Å². The average Bonchev–Trinajstić information content (AvgIpc) is 1.76. The third kappa shape index (κ3) is 9.43. The molecule has 370 valence electrons. The number of ether oxygens (including phenoxy) is 1. The van der Waals surface area contributed by atoms with Gasteiger partial charge in [0.25, 0.3) is 6.33 Å². The monoisotopic (exact) mass is 1170 g/mol. The van der Waals surface area contributed by atoms with Crippen LogP contribution in [0.2, 0.25) is 0 Å². The smallest absolute Gasteiger partial charge is 0.268 e. The topological polar surface area (TPSA) is 35.9 Å². The maximum Gasteiger partial charge on any atom is 0.268 e. The maximum atomic E-state index is 10.3. The van der Waals surface area contributed by atoms with Crippen LogP contribution in [0.25, 0.3) is 94.5 Å². The quantitative estimate of drug-likeness (QED) is 0.107. The molecule has 12 rings (SSSR count). The van der Waals surface area contributed by atoms with Gasteiger partial charge in [-0.2, -0.15) is 18.2 Å². The minimum absolute atomic E-state index is 0. The predicted molar refractivity (Wildman–Crippen MR) is 304 cm³/mol. The first-order valence-corrected chi connectivity index (χ1v) is 24.1. The Morgan fingerprint density at radius 2 is 1.19 bits per heavy atom. The van der Waals surface area contributed by atoms with Gasteiger partial charge in [-0.3, -0.25) is 4.57 Å². The summed E-state index contributed by atoms with van der Waals surface area (Å²) >= 11 is 0. The number of para-hydroxylation sites is 3. The third-order valence-corrected chi connectivity index (χ3v) is 13.1. The van der Waals surface area contributed by atoms with Crippen molar-refractivity contribution in [3.8, 4) is 73.2 Å². The molecule has 3 aromatic heterocycles. The fourth-order valence-electron chi connectivity index (χ4n) is 9.37. The van der Waals surface area contributed by atoms with Gasteiger partial charge in [-0.15, -0.1) is 29.7 Å². The molecule has 3 heterocycles. The maximum absolute atomic E-state index is 10.3. The van der Waals surface area contributed by atoms with Crippen LogP contribution in [0.3, 0.4) is 0 Å². The van der Waals surface area contributed by atoms with Crippen LogP contribution in [0.5, 0.6) is 11.5 Å². The van der Waals surface area contributed by atoms with E-state index in [9.17, 15) is 9.60 Å². The summed E-state index contributed by atoms with van der Waals surface area (Å²) < 4.78 is 158. The minimum Gasteiger partial charge on any atom is -0.510 e. The molecular formula is C69H56N4OPt-2. The van der Waals surface area contributed by atoms with Gasteiger partial charge >= 0.3 is 0 Å². The van der Waals surface area contributed by atoms with Gasteiger partial charge in [0.1, 0.15) is 5.82 Å². The normalized spacial score (nSPS) is 15.0. The Balaban J connectivity index is 0.00000850. The number of benzene rings is 9. The number of hydrogen-bond donors (Lipinski definition) is 0. The molecule has 9 aromatic carbocycles. The van der Waals surface area contributed by atoms with Gasteiger partial charge in [0.2, 0.25) is 0 Å². The summed E-state index contributed by atoms with van der Waals surface area (Å²) in [5, 5.41) is 1.94. The molecule has 0 spiro atoms. The van der Waals surface area contributed by atoms with Gasteiger partial charge in [-0.25, -0.2) is 4.98 Å². The molecule has 0 amide bonds. The standard InChI is InChI=1S/C69H56N4O.Pt/c1-46-36-60(49-24-18-25-53(41-49)68(2,3)4)67(61(37-46)52-39-50(47-20-10-8-11-21-47)38-51(40-52)48-22-12-9-13-23-48)72-45-71(63-30-16-17-31-64(63)72)55-26-19-27-56(43-55)74-57-32-33-59-58-28-14-15-29-62(58)73(65(59)44-57)66-42-54(34-35-70-66)69(5,6)7;/h8-42H,1-7H3;/q-2;/i1D3,8D,9D,10D,11D,12D,13D,20D,21D,22D,23D,38D,39D,40D;. The molecule has 0 saturated heterocycles. The van der Waals surface area contributed by atoms with Crippen molar-refractivity contribution in [2.24, 2.45) is 0 Å². The van der Waals surface area contributed by atoms with E-state index in [1.807, 2.05) is 93.7 Å². The zero-order valence-corrected chi connectivity index (χ0v) is 44.0. The molecule has 5 nitrogen and oxygen atoms in total. The summed E-state index contributed by atoms with van der Waals surface area (Å²) in [5.74, 6) is 1.40. The largest absolute Gasteiger partial charge is 0.510 e. The minimum atomic E-state index is -2.89. The number of rotatable bonds is 9. The van der Waals surface area contributed by atoms with E-state index in [-0.39, 0.29) is 48.9 Å². The van der Waals surface area contributed by atoms with E-state index in [0.29, 0.717) is 33.8 Å². The molecule has 0 atom stereocenters. The Morgan fingerprint density at radius 3 is 1.89 bits per heavy atom. The summed E-state index contributed by atoms with van der Waals surface area (Å²) in [6, 6.07) is 35.2. The molecule has 0 aliphatic heterocycles. The molecule has 0 aliphatic rings. The third-order valence-electron chi connectivity index (χ3n) is 13.1. The number of aromatic nitrogens is 4. The van der Waals surface area contributed by atoms with Crippen LogP contribution in [0.4, 0.5) is 0 Å². The SMILES string of the molecule is [2H]c1c([2H])c([2H])c(-c2c([2H])c(-c3cc(C([2H])([2H])[2H])cc(-c4cccc(C(C)(C)C)c4)c3-[n+]3[c-]n(-c4[c-]c(Oc5[c-]c6c(cc5)c5ccccc5n6-c5cc(C(C)(C)C)ccn5)ccc4)c4ccccc43)c([2H])c(-c3c([2H])c([2H])c([2H])c([2H])c3[2H])c2[2H])c([2H])c1[2H].[Pt]. The predicted octanol–water partition coefficient (Wildman–Crippen LogP) is 17.2. The number of fused-ring (bicyclic) bond motifs is 4. The Hall–Kier alpha value is -8.11. The van der Waals surface area contributed by atoms with Gasteiger partial charge in [0.05, 0.1) is 34.5 Å². The number of aryl methyl sites for hydroxylation is 1. The van der Waals surface area contributed by atoms with E-state index in [1.165, 1.54) is 12.1 Å². The average molecular weight is 1170 g/mol. The summed E-state index contributed by atoms with van der Waals surface area (Å²) in [7, 11) is 0. The van der Waals surface area contributed by atoms with E-state index >= 15 is 0 Å². The first-order valence-electron chi connectivity index (χ1n) is 32.1. The van der Waals surface area contributed by atoms with Crippen molar-refractivity contribution in [3.05, 3.63) is 247 Å². The van der Waals surface area contributed by atoms with E-state index in [0.717, 1.165) is 38.8 Å². The van der Waals surface area contributed by atoms with Crippen molar-refractivity contribution >= 4 is 32.8 Å². The van der Waals surface area contributed by atoms with Crippen LogP contribution in [0.1, 0.15) is 80.2 Å².